The molecule has 0 N–H and O–H groups in total. The highest BCUT2D eigenvalue weighted by atomic mass is 16.6. The first-order valence-corrected chi connectivity index (χ1v) is 5.47. The molecule has 1 aromatic heterocycles. The predicted molar refractivity (Wildman–Crippen MR) is 60.0 cm³/mol. The van der Waals surface area contributed by atoms with E-state index in [-0.39, 0.29) is 18.2 Å². The molecule has 0 radical (unpaired) electrons. The van der Waals surface area contributed by atoms with Gasteiger partial charge in [0.05, 0.1) is 5.69 Å². The molecule has 1 fully saturated rings. The maximum absolute atomic E-state index is 11.6. The van der Waals surface area contributed by atoms with Crippen LogP contribution in [0.15, 0.2) is 18.3 Å². The van der Waals surface area contributed by atoms with Crippen molar-refractivity contribution in [3.8, 4) is 0 Å². The number of hydrogen-bond acceptors (Lipinski definition) is 3. The number of carbonyl (C=O) groups excluding carboxylic acids is 1. The summed E-state index contributed by atoms with van der Waals surface area (Å²) in [5.74, 6) is 0. The highest BCUT2D eigenvalue weighted by Gasteiger charge is 2.36. The van der Waals surface area contributed by atoms with E-state index in [9.17, 15) is 4.79 Å². The van der Waals surface area contributed by atoms with Crippen molar-refractivity contribution in [1.29, 1.82) is 0 Å². The van der Waals surface area contributed by atoms with Crippen LogP contribution in [0.3, 0.4) is 0 Å². The van der Waals surface area contributed by atoms with E-state index >= 15 is 0 Å². The highest BCUT2D eigenvalue weighted by molar-refractivity contribution is 5.70. The third-order valence-corrected chi connectivity index (χ3v) is 2.75. The van der Waals surface area contributed by atoms with Gasteiger partial charge in [-0.3, -0.25) is 9.88 Å². The van der Waals surface area contributed by atoms with E-state index in [4.69, 9.17) is 4.74 Å². The molecular formula is C12H16N2O2. The second-order valence-electron chi connectivity index (χ2n) is 4.35. The van der Waals surface area contributed by atoms with E-state index in [1.807, 2.05) is 32.9 Å². The Morgan fingerprint density at radius 2 is 2.31 bits per heavy atom. The van der Waals surface area contributed by atoms with Crippen molar-refractivity contribution >= 4 is 6.09 Å². The molecule has 1 aliphatic rings. The van der Waals surface area contributed by atoms with Crippen molar-refractivity contribution < 1.29 is 9.53 Å². The zero-order valence-corrected chi connectivity index (χ0v) is 9.80. The van der Waals surface area contributed by atoms with Gasteiger partial charge in [-0.1, -0.05) is 0 Å². The SMILES string of the molecule is Cc1ccnc(C2COC(=O)N2C(C)C)c1. The standard InChI is InChI=1S/C12H16N2O2/c1-8(2)14-11(7-16-12(14)15)10-6-9(3)4-5-13-10/h4-6,8,11H,7H2,1-3H3. The van der Waals surface area contributed by atoms with Gasteiger partial charge >= 0.3 is 6.09 Å². The summed E-state index contributed by atoms with van der Waals surface area (Å²) >= 11 is 0. The van der Waals surface area contributed by atoms with Crippen LogP contribution in [0.2, 0.25) is 0 Å². The zero-order valence-electron chi connectivity index (χ0n) is 9.80. The van der Waals surface area contributed by atoms with Crippen molar-refractivity contribution in [3.05, 3.63) is 29.6 Å². The summed E-state index contributed by atoms with van der Waals surface area (Å²) in [6.07, 6.45) is 1.52. The first-order chi connectivity index (χ1) is 7.59. The molecule has 1 atom stereocenters. The van der Waals surface area contributed by atoms with Crippen LogP contribution in [0.25, 0.3) is 0 Å². The molecule has 16 heavy (non-hydrogen) atoms. The van der Waals surface area contributed by atoms with Crippen molar-refractivity contribution in [2.24, 2.45) is 0 Å². The lowest BCUT2D eigenvalue weighted by Crippen LogP contribution is -2.34. The van der Waals surface area contributed by atoms with Gasteiger partial charge < -0.3 is 4.74 Å². The molecule has 0 spiro atoms. The topological polar surface area (TPSA) is 42.4 Å². The molecule has 86 valence electrons. The lowest BCUT2D eigenvalue weighted by atomic mass is 10.1. The number of amides is 1. The summed E-state index contributed by atoms with van der Waals surface area (Å²) in [6.45, 7) is 6.38. The van der Waals surface area contributed by atoms with Crippen molar-refractivity contribution in [2.75, 3.05) is 6.61 Å². The molecule has 2 heterocycles. The third kappa shape index (κ3) is 1.87. The van der Waals surface area contributed by atoms with E-state index < -0.39 is 0 Å². The van der Waals surface area contributed by atoms with Gasteiger partial charge in [0.25, 0.3) is 0 Å². The molecule has 0 saturated carbocycles. The van der Waals surface area contributed by atoms with Crippen LogP contribution in [0.5, 0.6) is 0 Å². The second kappa shape index (κ2) is 4.12. The van der Waals surface area contributed by atoms with Crippen molar-refractivity contribution in [3.63, 3.8) is 0 Å². The van der Waals surface area contributed by atoms with E-state index in [2.05, 4.69) is 4.98 Å². The minimum Gasteiger partial charge on any atom is -0.447 e. The number of carbonyl (C=O) groups is 1. The molecule has 4 nitrogen and oxygen atoms in total. The summed E-state index contributed by atoms with van der Waals surface area (Å²) in [6, 6.07) is 4.03. The minimum absolute atomic E-state index is 0.0487. The Bertz CT molecular complexity index is 404. The monoisotopic (exact) mass is 220 g/mol. The highest BCUT2D eigenvalue weighted by Crippen LogP contribution is 2.28. The third-order valence-electron chi connectivity index (χ3n) is 2.75. The summed E-state index contributed by atoms with van der Waals surface area (Å²) in [5.41, 5.74) is 2.05. The fraction of sp³-hybridized carbons (Fsp3) is 0.500. The molecule has 0 aliphatic carbocycles. The number of hydrogen-bond donors (Lipinski definition) is 0. The van der Waals surface area contributed by atoms with Crippen LogP contribution in [0, 0.1) is 6.92 Å². The average molecular weight is 220 g/mol. The number of rotatable bonds is 2. The minimum atomic E-state index is -0.247. The zero-order chi connectivity index (χ0) is 11.7. The van der Waals surface area contributed by atoms with Crippen LogP contribution in [-0.2, 0) is 4.74 Å². The molecule has 1 unspecified atom stereocenters. The molecular weight excluding hydrogens is 204 g/mol. The number of nitrogens with zero attached hydrogens (tertiary/aromatic N) is 2. The lowest BCUT2D eigenvalue weighted by molar-refractivity contribution is 0.149. The fourth-order valence-electron chi connectivity index (χ4n) is 1.97. The molecule has 0 bridgehead atoms. The quantitative estimate of drug-likeness (QED) is 0.768. The number of aromatic nitrogens is 1. The fourth-order valence-corrected chi connectivity index (χ4v) is 1.97. The first kappa shape index (κ1) is 10.9. The Morgan fingerprint density at radius 3 is 2.94 bits per heavy atom. The van der Waals surface area contributed by atoms with Crippen LogP contribution >= 0.6 is 0 Å². The summed E-state index contributed by atoms with van der Waals surface area (Å²) in [5, 5.41) is 0. The molecule has 1 aliphatic heterocycles. The average Bonchev–Trinajstić information content (AvgIpc) is 2.60. The maximum Gasteiger partial charge on any atom is 0.410 e. The van der Waals surface area contributed by atoms with Gasteiger partial charge in [0.1, 0.15) is 12.6 Å². The number of ether oxygens (including phenoxy) is 1. The summed E-state index contributed by atoms with van der Waals surface area (Å²) < 4.78 is 5.08. The Kier molecular flexibility index (Phi) is 2.81. The smallest absolute Gasteiger partial charge is 0.410 e. The van der Waals surface area contributed by atoms with E-state index in [1.165, 1.54) is 0 Å². The van der Waals surface area contributed by atoms with E-state index in [0.717, 1.165) is 11.3 Å². The van der Waals surface area contributed by atoms with Gasteiger partial charge in [-0.05, 0) is 38.5 Å². The predicted octanol–water partition coefficient (Wildman–Crippen LogP) is 2.29. The van der Waals surface area contributed by atoms with E-state index in [0.29, 0.717) is 6.61 Å². The Morgan fingerprint density at radius 1 is 1.56 bits per heavy atom. The second-order valence-corrected chi connectivity index (χ2v) is 4.35. The van der Waals surface area contributed by atoms with Gasteiger partial charge in [0, 0.05) is 12.2 Å². The molecule has 0 aromatic carbocycles. The van der Waals surface area contributed by atoms with Crippen molar-refractivity contribution in [2.45, 2.75) is 32.9 Å². The van der Waals surface area contributed by atoms with Crippen molar-refractivity contribution in [1.82, 2.24) is 9.88 Å². The van der Waals surface area contributed by atoms with Crippen LogP contribution in [-0.4, -0.2) is 28.6 Å². The number of aryl methyl sites for hydroxylation is 1. The summed E-state index contributed by atoms with van der Waals surface area (Å²) in [7, 11) is 0. The molecule has 1 saturated heterocycles. The van der Waals surface area contributed by atoms with Crippen LogP contribution in [0.4, 0.5) is 4.79 Å². The lowest BCUT2D eigenvalue weighted by Gasteiger charge is -2.24. The Balaban J connectivity index is 2.30. The molecule has 2 rings (SSSR count). The maximum atomic E-state index is 11.6. The Hall–Kier alpha value is -1.58. The largest absolute Gasteiger partial charge is 0.447 e. The van der Waals surface area contributed by atoms with E-state index in [1.54, 1.807) is 11.1 Å². The Labute approximate surface area is 95.2 Å². The molecule has 1 aromatic rings. The number of cyclic esters (lactones) is 1. The van der Waals surface area contributed by atoms with Gasteiger partial charge in [0.15, 0.2) is 0 Å². The number of pyridine rings is 1. The molecule has 1 amide bonds. The van der Waals surface area contributed by atoms with Crippen LogP contribution < -0.4 is 0 Å². The summed E-state index contributed by atoms with van der Waals surface area (Å²) in [4.78, 5) is 17.6. The van der Waals surface area contributed by atoms with Gasteiger partial charge in [-0.15, -0.1) is 0 Å². The normalized spacial score (nSPS) is 20.4. The van der Waals surface area contributed by atoms with Gasteiger partial charge in [0.2, 0.25) is 0 Å². The molecule has 4 heteroatoms. The van der Waals surface area contributed by atoms with Gasteiger partial charge in [-0.2, -0.15) is 0 Å². The van der Waals surface area contributed by atoms with Gasteiger partial charge in [-0.25, -0.2) is 4.79 Å². The van der Waals surface area contributed by atoms with Crippen LogP contribution in [0.1, 0.15) is 31.1 Å². The first-order valence-electron chi connectivity index (χ1n) is 5.47.